The van der Waals surface area contributed by atoms with Crippen molar-refractivity contribution < 1.29 is 4.92 Å². The Balaban J connectivity index is 2.10. The lowest BCUT2D eigenvalue weighted by molar-refractivity contribution is -0.384. The zero-order valence-corrected chi connectivity index (χ0v) is 13.5. The van der Waals surface area contributed by atoms with Gasteiger partial charge in [-0.25, -0.2) is 0 Å². The summed E-state index contributed by atoms with van der Waals surface area (Å²) in [6, 6.07) is 10.7. The quantitative estimate of drug-likeness (QED) is 0.501. The van der Waals surface area contributed by atoms with Gasteiger partial charge in [0.1, 0.15) is 0 Å². The van der Waals surface area contributed by atoms with Crippen LogP contribution in [0.1, 0.15) is 16.7 Å². The molecule has 2 N–H and O–H groups in total. The molecule has 2 aromatic rings. The molecule has 114 valence electrons. The van der Waals surface area contributed by atoms with Crippen LogP contribution in [-0.2, 0) is 0 Å². The van der Waals surface area contributed by atoms with Gasteiger partial charge in [0, 0.05) is 23.5 Å². The third kappa shape index (κ3) is 4.02. The number of rotatable bonds is 3. The molecule has 0 amide bonds. The number of aryl methyl sites for hydroxylation is 3. The molecule has 0 atom stereocenters. The predicted molar refractivity (Wildman–Crippen MR) is 93.6 cm³/mol. The first kappa shape index (κ1) is 15.9. The fourth-order valence-corrected chi connectivity index (χ4v) is 2.46. The van der Waals surface area contributed by atoms with E-state index in [9.17, 15) is 10.1 Å². The molecule has 0 aliphatic heterocycles. The number of non-ortho nitro benzene ring substituents is 1. The minimum absolute atomic E-state index is 0.0660. The molecule has 0 heterocycles. The van der Waals surface area contributed by atoms with Crippen molar-refractivity contribution in [2.75, 3.05) is 10.6 Å². The van der Waals surface area contributed by atoms with Crippen LogP contribution in [0.4, 0.5) is 17.1 Å². The number of nitrogens with one attached hydrogen (secondary N) is 2. The Morgan fingerprint density at radius 2 is 1.68 bits per heavy atom. The van der Waals surface area contributed by atoms with Crippen molar-refractivity contribution in [1.82, 2.24) is 0 Å². The van der Waals surface area contributed by atoms with Crippen molar-refractivity contribution in [2.45, 2.75) is 20.8 Å². The maximum Gasteiger partial charge on any atom is 0.269 e. The topological polar surface area (TPSA) is 67.2 Å². The molecule has 0 saturated heterocycles. The van der Waals surface area contributed by atoms with E-state index in [1.54, 1.807) is 13.0 Å². The van der Waals surface area contributed by atoms with Gasteiger partial charge in [-0.3, -0.25) is 10.1 Å². The van der Waals surface area contributed by atoms with E-state index < -0.39 is 4.92 Å². The van der Waals surface area contributed by atoms with E-state index >= 15 is 0 Å². The highest BCUT2D eigenvalue weighted by molar-refractivity contribution is 7.80. The lowest BCUT2D eigenvalue weighted by Gasteiger charge is -2.13. The standard InChI is InChI=1S/C16H17N3O2S/c1-10-6-11(2)8-13(7-10)17-16(22)18-15-5-4-14(19(20)21)9-12(15)3/h4-9H,1-3H3,(H2,17,18,22). The van der Waals surface area contributed by atoms with Gasteiger partial charge in [0.05, 0.1) is 4.92 Å². The van der Waals surface area contributed by atoms with E-state index in [4.69, 9.17) is 12.2 Å². The molecule has 0 fully saturated rings. The fraction of sp³-hybridized carbons (Fsp3) is 0.188. The summed E-state index contributed by atoms with van der Waals surface area (Å²) in [4.78, 5) is 10.3. The zero-order chi connectivity index (χ0) is 16.3. The third-order valence-corrected chi connectivity index (χ3v) is 3.35. The van der Waals surface area contributed by atoms with Crippen LogP contribution in [0.2, 0.25) is 0 Å². The number of thiocarbonyl (C=S) groups is 1. The summed E-state index contributed by atoms with van der Waals surface area (Å²) in [5, 5.41) is 17.4. The first-order chi connectivity index (χ1) is 10.3. The Labute approximate surface area is 134 Å². The van der Waals surface area contributed by atoms with Crippen LogP contribution in [0, 0.1) is 30.9 Å². The molecule has 22 heavy (non-hydrogen) atoms. The van der Waals surface area contributed by atoms with E-state index in [-0.39, 0.29) is 5.69 Å². The van der Waals surface area contributed by atoms with Crippen LogP contribution in [0.5, 0.6) is 0 Å². The van der Waals surface area contributed by atoms with E-state index in [0.29, 0.717) is 5.11 Å². The summed E-state index contributed by atoms with van der Waals surface area (Å²) >= 11 is 5.29. The third-order valence-electron chi connectivity index (χ3n) is 3.15. The van der Waals surface area contributed by atoms with Gasteiger partial charge in [0.25, 0.3) is 5.69 Å². The summed E-state index contributed by atoms with van der Waals surface area (Å²) in [7, 11) is 0. The highest BCUT2D eigenvalue weighted by Crippen LogP contribution is 2.21. The smallest absolute Gasteiger partial charge is 0.269 e. The molecule has 0 aliphatic carbocycles. The molecule has 6 heteroatoms. The molecule has 0 radical (unpaired) electrons. The number of nitro benzene ring substituents is 1. The average Bonchev–Trinajstić information content (AvgIpc) is 2.39. The first-order valence-corrected chi connectivity index (χ1v) is 7.17. The number of nitro groups is 1. The van der Waals surface area contributed by atoms with Crippen molar-refractivity contribution >= 4 is 34.4 Å². The molecule has 0 saturated carbocycles. The number of nitrogens with zero attached hydrogens (tertiary/aromatic N) is 1. The summed E-state index contributed by atoms with van der Waals surface area (Å²) in [6.07, 6.45) is 0. The van der Waals surface area contributed by atoms with E-state index in [0.717, 1.165) is 28.1 Å². The van der Waals surface area contributed by atoms with Gasteiger partial charge >= 0.3 is 0 Å². The largest absolute Gasteiger partial charge is 0.332 e. The number of hydrogen-bond donors (Lipinski definition) is 2. The van der Waals surface area contributed by atoms with Crippen molar-refractivity contribution in [3.63, 3.8) is 0 Å². The zero-order valence-electron chi connectivity index (χ0n) is 12.6. The van der Waals surface area contributed by atoms with E-state index in [1.807, 2.05) is 26.0 Å². The van der Waals surface area contributed by atoms with Gasteiger partial charge < -0.3 is 10.6 Å². The minimum Gasteiger partial charge on any atom is -0.332 e. The molecule has 0 spiro atoms. The molecular weight excluding hydrogens is 298 g/mol. The van der Waals surface area contributed by atoms with Crippen LogP contribution in [0.15, 0.2) is 36.4 Å². The predicted octanol–water partition coefficient (Wildman–Crippen LogP) is 4.33. The first-order valence-electron chi connectivity index (χ1n) is 6.76. The SMILES string of the molecule is Cc1cc(C)cc(NC(=S)Nc2ccc([N+](=O)[O-])cc2C)c1. The lowest BCUT2D eigenvalue weighted by Crippen LogP contribution is -2.19. The lowest BCUT2D eigenvalue weighted by atomic mass is 10.1. The number of hydrogen-bond acceptors (Lipinski definition) is 3. The van der Waals surface area contributed by atoms with E-state index in [2.05, 4.69) is 16.7 Å². The summed E-state index contributed by atoms with van der Waals surface area (Å²) < 4.78 is 0. The summed E-state index contributed by atoms with van der Waals surface area (Å²) in [6.45, 7) is 5.85. The van der Waals surface area contributed by atoms with Crippen LogP contribution in [0.3, 0.4) is 0 Å². The van der Waals surface area contributed by atoms with Gasteiger partial charge in [-0.1, -0.05) is 6.07 Å². The molecular formula is C16H17N3O2S. The minimum atomic E-state index is -0.414. The van der Waals surface area contributed by atoms with Crippen molar-refractivity contribution in [3.05, 3.63) is 63.2 Å². The Morgan fingerprint density at radius 1 is 1.05 bits per heavy atom. The van der Waals surface area contributed by atoms with Crippen LogP contribution < -0.4 is 10.6 Å². The van der Waals surface area contributed by atoms with Gasteiger partial charge in [0.15, 0.2) is 5.11 Å². The highest BCUT2D eigenvalue weighted by Gasteiger charge is 2.09. The Morgan fingerprint density at radius 3 is 2.23 bits per heavy atom. The van der Waals surface area contributed by atoms with Crippen LogP contribution in [0.25, 0.3) is 0 Å². The molecule has 2 rings (SSSR count). The molecule has 0 aromatic heterocycles. The second-order valence-corrected chi connectivity index (χ2v) is 5.62. The second-order valence-electron chi connectivity index (χ2n) is 5.21. The summed E-state index contributed by atoms with van der Waals surface area (Å²) in [5.41, 5.74) is 4.78. The normalized spacial score (nSPS) is 10.1. The van der Waals surface area contributed by atoms with Gasteiger partial charge in [0.2, 0.25) is 0 Å². The number of anilines is 2. The molecule has 5 nitrogen and oxygen atoms in total. The van der Waals surface area contributed by atoms with Gasteiger partial charge in [-0.15, -0.1) is 0 Å². The van der Waals surface area contributed by atoms with Crippen LogP contribution in [-0.4, -0.2) is 10.0 Å². The Bertz CT molecular complexity index is 724. The molecule has 0 aliphatic rings. The van der Waals surface area contributed by atoms with Gasteiger partial charge in [-0.05, 0) is 67.9 Å². The number of benzene rings is 2. The Hall–Kier alpha value is -2.47. The maximum atomic E-state index is 10.7. The highest BCUT2D eigenvalue weighted by atomic mass is 32.1. The van der Waals surface area contributed by atoms with Crippen molar-refractivity contribution in [2.24, 2.45) is 0 Å². The molecule has 0 bridgehead atoms. The van der Waals surface area contributed by atoms with Crippen LogP contribution >= 0.6 is 12.2 Å². The van der Waals surface area contributed by atoms with E-state index in [1.165, 1.54) is 12.1 Å². The second kappa shape index (κ2) is 6.53. The maximum absolute atomic E-state index is 10.7. The fourth-order valence-electron chi connectivity index (χ4n) is 2.23. The summed E-state index contributed by atoms with van der Waals surface area (Å²) in [5.74, 6) is 0. The Kier molecular flexibility index (Phi) is 4.72. The monoisotopic (exact) mass is 315 g/mol. The van der Waals surface area contributed by atoms with Gasteiger partial charge in [-0.2, -0.15) is 0 Å². The average molecular weight is 315 g/mol. The van der Waals surface area contributed by atoms with Crippen molar-refractivity contribution in [1.29, 1.82) is 0 Å². The molecule has 0 unspecified atom stereocenters. The molecule has 2 aromatic carbocycles. The van der Waals surface area contributed by atoms with Crippen molar-refractivity contribution in [3.8, 4) is 0 Å².